The molecular weight excluding hydrogens is 191 g/mol. The summed E-state index contributed by atoms with van der Waals surface area (Å²) in [5.74, 6) is 0. The molecule has 0 nitrogen and oxygen atoms in total. The Morgan fingerprint density at radius 2 is 0.667 bits per heavy atom. The van der Waals surface area contributed by atoms with Gasteiger partial charge in [0.25, 0.3) is 0 Å². The predicted octanol–water partition coefficient (Wildman–Crippen LogP) is -0.354. The van der Waals surface area contributed by atoms with E-state index >= 15 is 0 Å². The molecule has 0 saturated carbocycles. The molecule has 2 unspecified atom stereocenters. The van der Waals surface area contributed by atoms with Gasteiger partial charge in [0.05, 0.1) is 0 Å². The molecule has 0 aliphatic heterocycles. The van der Waals surface area contributed by atoms with Crippen molar-refractivity contribution in [3.05, 3.63) is 0 Å². The van der Waals surface area contributed by atoms with E-state index < -0.39 is 0 Å². The smallest absolute Gasteiger partial charge is 1.00 e. The molecule has 0 N–H and O–H groups in total. The Labute approximate surface area is 113 Å². The summed E-state index contributed by atoms with van der Waals surface area (Å²) in [7, 11) is 0. The van der Waals surface area contributed by atoms with Crippen LogP contribution in [-0.4, -0.2) is 69.2 Å². The Morgan fingerprint density at radius 3 is 0.667 bits per heavy atom. The summed E-state index contributed by atoms with van der Waals surface area (Å²) < 4.78 is 0. The van der Waals surface area contributed by atoms with Crippen LogP contribution in [-0.2, 0) is 17.1 Å². The Bertz CT molecular complexity index is 20.8. The molecule has 0 rings (SSSR count). The van der Waals surface area contributed by atoms with Crippen LogP contribution < -0.4 is 0 Å². The van der Waals surface area contributed by atoms with Gasteiger partial charge in [-0.25, -0.2) is 0 Å². The Morgan fingerprint density at radius 1 is 0.667 bits per heavy atom. The van der Waals surface area contributed by atoms with Crippen LogP contribution in [0.3, 0.4) is 0 Å². The van der Waals surface area contributed by atoms with Crippen molar-refractivity contribution in [2.24, 2.45) is 0 Å². The van der Waals surface area contributed by atoms with E-state index in [1.807, 2.05) is 0 Å². The molecule has 6 heavy (non-hydrogen) atoms. The third kappa shape index (κ3) is 25.3. The minimum atomic E-state index is 0. The average Bonchev–Trinajstić information content (AvgIpc) is 0. The summed E-state index contributed by atoms with van der Waals surface area (Å²) in [4.78, 5) is 0. The van der Waals surface area contributed by atoms with E-state index in [2.05, 4.69) is 0 Å². The van der Waals surface area contributed by atoms with Gasteiger partial charge in [-0.3, -0.25) is 0 Å². The minimum absolute atomic E-state index is 0. The third-order valence-corrected chi connectivity index (χ3v) is 0. The van der Waals surface area contributed by atoms with E-state index in [1.54, 1.807) is 0 Å². The normalized spacial score (nSPS) is 0. The molecule has 0 radical (unpaired) electrons. The van der Waals surface area contributed by atoms with Gasteiger partial charge in [0.2, 0.25) is 0 Å². The molecule has 36 valence electrons. The predicted molar refractivity (Wildman–Crippen MR) is 46.1 cm³/mol. The van der Waals surface area contributed by atoms with Crippen molar-refractivity contribution in [2.45, 2.75) is 0 Å². The number of hydrogen-bond donors (Lipinski definition) is 0. The van der Waals surface area contributed by atoms with Crippen molar-refractivity contribution in [3.8, 4) is 0 Å². The van der Waals surface area contributed by atoms with E-state index in [0.717, 1.165) is 0 Å². The second-order valence-electron chi connectivity index (χ2n) is 0. The van der Waals surface area contributed by atoms with Crippen LogP contribution in [0.25, 0.3) is 0 Å². The van der Waals surface area contributed by atoms with Crippen LogP contribution in [0.2, 0.25) is 0 Å². The molecule has 0 amide bonds. The van der Waals surface area contributed by atoms with Gasteiger partial charge < -0.3 is 8.56 Å². The largest absolute Gasteiger partial charge is 2.00 e. The van der Waals surface area contributed by atoms with Crippen LogP contribution >= 0.6 is 19.8 Å². The Balaban J connectivity index is 0. The molecule has 0 aliphatic rings. The standard InChI is InChI=1S/Fe.3Mg.2H3P.6H/h;;;;2*1H3;;;;;;/q;3*+2;;;6*-1. The monoisotopic (exact) mass is 202 g/mol. The van der Waals surface area contributed by atoms with Crippen LogP contribution in [0.1, 0.15) is 8.56 Å². The fourth-order valence-corrected chi connectivity index (χ4v) is 0. The molecule has 0 saturated heterocycles. The van der Waals surface area contributed by atoms with E-state index in [4.69, 9.17) is 0 Å². The fraction of sp³-hybridized carbons (Fsp3) is 0. The molecule has 0 heterocycles. The van der Waals surface area contributed by atoms with Crippen molar-refractivity contribution in [1.29, 1.82) is 0 Å². The topological polar surface area (TPSA) is 0 Å². The number of rotatable bonds is 0. The maximum Gasteiger partial charge on any atom is 2.00 e. The summed E-state index contributed by atoms with van der Waals surface area (Å²) in [5.41, 5.74) is 0. The van der Waals surface area contributed by atoms with Crippen LogP contribution in [0.4, 0.5) is 0 Å². The first-order valence-corrected chi connectivity index (χ1v) is 0. The van der Waals surface area contributed by atoms with Gasteiger partial charge in [0.1, 0.15) is 0 Å². The van der Waals surface area contributed by atoms with E-state index in [9.17, 15) is 0 Å². The zero-order chi connectivity index (χ0) is 0. The van der Waals surface area contributed by atoms with Gasteiger partial charge in [0.15, 0.2) is 0 Å². The molecule has 0 aliphatic carbocycles. The minimum Gasteiger partial charge on any atom is -1.00 e. The summed E-state index contributed by atoms with van der Waals surface area (Å²) in [6.07, 6.45) is 0. The van der Waals surface area contributed by atoms with Gasteiger partial charge in [0, 0.05) is 17.1 Å². The molecule has 0 spiro atoms. The van der Waals surface area contributed by atoms with Crippen LogP contribution in [0.15, 0.2) is 0 Å². The van der Waals surface area contributed by atoms with Crippen molar-refractivity contribution < 1.29 is 25.6 Å². The molecule has 0 aromatic rings. The van der Waals surface area contributed by atoms with Gasteiger partial charge in [-0.1, -0.05) is 0 Å². The van der Waals surface area contributed by atoms with Crippen LogP contribution in [0, 0.1) is 0 Å². The van der Waals surface area contributed by atoms with Crippen LogP contribution in [0.5, 0.6) is 0 Å². The molecule has 6 heteroatoms. The Hall–Kier alpha value is 3.68. The first kappa shape index (κ1) is 53.9. The van der Waals surface area contributed by atoms with Gasteiger partial charge in [-0.15, -0.1) is 0 Å². The van der Waals surface area contributed by atoms with Gasteiger partial charge in [-0.2, -0.15) is 19.8 Å². The van der Waals surface area contributed by atoms with Crippen molar-refractivity contribution in [3.63, 3.8) is 0 Å². The van der Waals surface area contributed by atoms with Crippen molar-refractivity contribution in [2.75, 3.05) is 0 Å². The zero-order valence-electron chi connectivity index (χ0n) is 9.89. The zero-order valence-corrected chi connectivity index (χ0v) is 12.1. The van der Waals surface area contributed by atoms with E-state index in [-0.39, 0.29) is 115 Å². The van der Waals surface area contributed by atoms with Crippen molar-refractivity contribution >= 4 is 89.0 Å². The second kappa shape index (κ2) is 37.8. The Kier molecular flexibility index (Phi) is 340. The maximum absolute atomic E-state index is 0. The molecule has 0 aromatic carbocycles. The number of hydrogen-bond acceptors (Lipinski definition) is 0. The van der Waals surface area contributed by atoms with Crippen molar-refractivity contribution in [1.82, 2.24) is 0 Å². The SMILES string of the molecule is P.P.[Fe].[H-].[H-].[H-].[H-].[H-].[H-].[Mg+2].[Mg+2].[Mg+2]. The maximum atomic E-state index is 0. The molecule has 0 fully saturated rings. The van der Waals surface area contributed by atoms with Gasteiger partial charge in [-0.05, 0) is 0 Å². The first-order valence-electron chi connectivity index (χ1n) is 0. The quantitative estimate of drug-likeness (QED) is 0.372. The molecule has 0 bridgehead atoms. The van der Waals surface area contributed by atoms with Gasteiger partial charge >= 0.3 is 69.2 Å². The summed E-state index contributed by atoms with van der Waals surface area (Å²) in [5, 5.41) is 0. The molecule has 0 aromatic heterocycles. The third-order valence-electron chi connectivity index (χ3n) is 0. The summed E-state index contributed by atoms with van der Waals surface area (Å²) in [6.45, 7) is 0. The van der Waals surface area contributed by atoms with E-state index in [0.29, 0.717) is 0 Å². The molecular formula is H12FeMg3P2. The van der Waals surface area contributed by atoms with E-state index in [1.165, 1.54) is 0 Å². The summed E-state index contributed by atoms with van der Waals surface area (Å²) >= 11 is 0. The second-order valence-corrected chi connectivity index (χ2v) is 0. The fourth-order valence-electron chi connectivity index (χ4n) is 0. The summed E-state index contributed by atoms with van der Waals surface area (Å²) in [6, 6.07) is 0. The first-order chi connectivity index (χ1) is 0. The average molecular weight is 203 g/mol. The molecule has 2 atom stereocenters.